The van der Waals surface area contributed by atoms with Gasteiger partial charge in [-0.1, -0.05) is 0 Å². The lowest BCUT2D eigenvalue weighted by molar-refractivity contribution is -0.120. The van der Waals surface area contributed by atoms with Crippen molar-refractivity contribution in [1.82, 2.24) is 10.6 Å². The van der Waals surface area contributed by atoms with E-state index in [-0.39, 0.29) is 13.2 Å². The van der Waals surface area contributed by atoms with E-state index in [0.717, 1.165) is 6.26 Å². The molecule has 0 spiro atoms. The van der Waals surface area contributed by atoms with Crippen LogP contribution in [0, 0.1) is 11.3 Å². The van der Waals surface area contributed by atoms with Crippen molar-refractivity contribution < 1.29 is 22.7 Å². The second kappa shape index (κ2) is 7.50. The summed E-state index contributed by atoms with van der Waals surface area (Å²) in [5.41, 5.74) is 0. The first-order valence-corrected chi connectivity index (χ1v) is 7.02. The van der Waals surface area contributed by atoms with Gasteiger partial charge in [0, 0.05) is 12.8 Å². The first-order valence-electron chi connectivity index (χ1n) is 5.07. The van der Waals surface area contributed by atoms with Crippen molar-refractivity contribution >= 4 is 21.8 Å². The molecule has 0 rings (SSSR count). The zero-order chi connectivity index (χ0) is 14.2. The molecule has 9 heteroatoms. The second-order valence-corrected chi connectivity index (χ2v) is 5.52. The minimum absolute atomic E-state index is 0.135. The van der Waals surface area contributed by atoms with Gasteiger partial charge in [0.1, 0.15) is 6.54 Å². The van der Waals surface area contributed by atoms with Gasteiger partial charge in [0.25, 0.3) is 0 Å². The van der Waals surface area contributed by atoms with Gasteiger partial charge >= 0.3 is 6.09 Å². The van der Waals surface area contributed by atoms with E-state index in [9.17, 15) is 18.0 Å². The monoisotopic (exact) mass is 277 g/mol. The number of rotatable bonds is 6. The number of amides is 2. The van der Waals surface area contributed by atoms with Gasteiger partial charge in [-0.05, 0) is 6.92 Å². The van der Waals surface area contributed by atoms with Crippen LogP contribution in [-0.2, 0) is 19.4 Å². The predicted octanol–water partition coefficient (Wildman–Crippen LogP) is -1.21. The number of nitrogens with one attached hydrogen (secondary N) is 2. The minimum atomic E-state index is -3.70. The summed E-state index contributed by atoms with van der Waals surface area (Å²) in [6.45, 7) is 1.02. The molecule has 0 heterocycles. The molecule has 0 aromatic heterocycles. The van der Waals surface area contributed by atoms with Gasteiger partial charge in [-0.3, -0.25) is 4.79 Å². The molecule has 0 radical (unpaired) electrons. The van der Waals surface area contributed by atoms with E-state index in [4.69, 9.17) is 5.26 Å². The normalized spacial score (nSPS) is 12.1. The maximum Gasteiger partial charge on any atom is 0.407 e. The Labute approximate surface area is 105 Å². The molecular formula is C9H15N3O5S. The van der Waals surface area contributed by atoms with E-state index in [2.05, 4.69) is 15.4 Å². The third-order valence-corrected chi connectivity index (χ3v) is 3.27. The van der Waals surface area contributed by atoms with Gasteiger partial charge < -0.3 is 15.4 Å². The van der Waals surface area contributed by atoms with Crippen molar-refractivity contribution in [2.24, 2.45) is 0 Å². The molecular weight excluding hydrogens is 262 g/mol. The molecule has 0 aromatic rings. The van der Waals surface area contributed by atoms with Crippen LogP contribution in [0.25, 0.3) is 0 Å². The highest BCUT2D eigenvalue weighted by Crippen LogP contribution is 1.98. The number of carbonyl (C=O) groups excluding carboxylic acids is 2. The fourth-order valence-electron chi connectivity index (χ4n) is 1.04. The van der Waals surface area contributed by atoms with Crippen LogP contribution in [0.3, 0.4) is 0 Å². The van der Waals surface area contributed by atoms with Crippen LogP contribution >= 0.6 is 0 Å². The van der Waals surface area contributed by atoms with E-state index < -0.39 is 33.6 Å². The quantitative estimate of drug-likeness (QED) is 0.586. The Morgan fingerprint density at radius 3 is 2.44 bits per heavy atom. The highest BCUT2D eigenvalue weighted by molar-refractivity contribution is 7.92. The molecule has 102 valence electrons. The van der Waals surface area contributed by atoms with Gasteiger partial charge in [-0.15, -0.1) is 0 Å². The van der Waals surface area contributed by atoms with Crippen LogP contribution < -0.4 is 10.6 Å². The van der Waals surface area contributed by atoms with Gasteiger partial charge in [-0.2, -0.15) is 5.26 Å². The Hall–Kier alpha value is -1.82. The average molecular weight is 277 g/mol. The molecule has 8 nitrogen and oxygen atoms in total. The highest BCUT2D eigenvalue weighted by Gasteiger charge is 2.29. The topological polar surface area (TPSA) is 125 Å². The number of alkyl carbamates (subject to hydrolysis) is 1. The summed E-state index contributed by atoms with van der Waals surface area (Å²) in [4.78, 5) is 22.5. The van der Waals surface area contributed by atoms with Crippen LogP contribution in [0.2, 0.25) is 0 Å². The van der Waals surface area contributed by atoms with Crippen LogP contribution in [0.15, 0.2) is 0 Å². The fourth-order valence-corrected chi connectivity index (χ4v) is 1.90. The maximum atomic E-state index is 11.5. The summed E-state index contributed by atoms with van der Waals surface area (Å²) in [6.07, 6.45) is 0.0652. The summed E-state index contributed by atoms with van der Waals surface area (Å²) in [6, 6.07) is 1.65. The first kappa shape index (κ1) is 16.2. The van der Waals surface area contributed by atoms with Crippen molar-refractivity contribution in [1.29, 1.82) is 5.26 Å². The summed E-state index contributed by atoms with van der Waals surface area (Å²) >= 11 is 0. The molecule has 0 aromatic carbocycles. The summed E-state index contributed by atoms with van der Waals surface area (Å²) in [7, 11) is -3.70. The van der Waals surface area contributed by atoms with Gasteiger partial charge in [0.15, 0.2) is 15.1 Å². The Kier molecular flexibility index (Phi) is 6.74. The Morgan fingerprint density at radius 2 is 2.00 bits per heavy atom. The van der Waals surface area contributed by atoms with Crippen LogP contribution in [0.1, 0.15) is 6.92 Å². The smallest absolute Gasteiger partial charge is 0.407 e. The number of nitrogens with zero attached hydrogens (tertiary/aromatic N) is 1. The summed E-state index contributed by atoms with van der Waals surface area (Å²) in [5, 5.41) is 11.1. The number of nitriles is 1. The number of ether oxygens (including phenoxy) is 1. The predicted molar refractivity (Wildman–Crippen MR) is 62.3 cm³/mol. The summed E-state index contributed by atoms with van der Waals surface area (Å²) in [5.74, 6) is -0.837. The largest absolute Gasteiger partial charge is 0.450 e. The second-order valence-electron chi connectivity index (χ2n) is 3.30. The fraction of sp³-hybridized carbons (Fsp3) is 0.667. The first-order chi connectivity index (χ1) is 8.32. The van der Waals surface area contributed by atoms with Crippen LogP contribution in [0.4, 0.5) is 4.79 Å². The lowest BCUT2D eigenvalue weighted by Crippen LogP contribution is -2.47. The van der Waals surface area contributed by atoms with Crippen molar-refractivity contribution in [3.05, 3.63) is 0 Å². The van der Waals surface area contributed by atoms with Crippen molar-refractivity contribution in [3.8, 4) is 6.07 Å². The molecule has 1 unspecified atom stereocenters. The molecule has 1 atom stereocenters. The molecule has 0 aliphatic carbocycles. The van der Waals surface area contributed by atoms with Crippen LogP contribution in [-0.4, -0.2) is 51.6 Å². The summed E-state index contributed by atoms with van der Waals surface area (Å²) < 4.78 is 27.3. The number of sulfone groups is 1. The van der Waals surface area contributed by atoms with Crippen molar-refractivity contribution in [2.45, 2.75) is 12.2 Å². The van der Waals surface area contributed by atoms with Crippen molar-refractivity contribution in [3.63, 3.8) is 0 Å². The molecule has 0 aliphatic heterocycles. The van der Waals surface area contributed by atoms with E-state index >= 15 is 0 Å². The minimum Gasteiger partial charge on any atom is -0.450 e. The number of hydrogen-bond acceptors (Lipinski definition) is 6. The van der Waals surface area contributed by atoms with E-state index in [1.807, 2.05) is 0 Å². The Bertz CT molecular complexity index is 440. The van der Waals surface area contributed by atoms with Gasteiger partial charge in [0.2, 0.25) is 5.91 Å². The maximum absolute atomic E-state index is 11.5. The van der Waals surface area contributed by atoms with Crippen molar-refractivity contribution in [2.75, 3.05) is 26.0 Å². The lowest BCUT2D eigenvalue weighted by atomic mass is 10.4. The number of hydrogen-bond donors (Lipinski definition) is 2. The van der Waals surface area contributed by atoms with Gasteiger partial charge in [-0.25, -0.2) is 13.2 Å². The zero-order valence-corrected chi connectivity index (χ0v) is 10.9. The molecule has 2 amide bonds. The van der Waals surface area contributed by atoms with E-state index in [1.165, 1.54) is 0 Å². The lowest BCUT2D eigenvalue weighted by Gasteiger charge is -2.14. The standard InChI is InChI=1S/C9H15N3O5S/c1-3-17-9(14)12-6-7(18(2,15)16)8(13)11-5-4-10/h7H,3,5-6H2,1-2H3,(H,11,13)(H,12,14). The van der Waals surface area contributed by atoms with Crippen LogP contribution in [0.5, 0.6) is 0 Å². The van der Waals surface area contributed by atoms with E-state index in [0.29, 0.717) is 0 Å². The molecule has 0 bridgehead atoms. The molecule has 18 heavy (non-hydrogen) atoms. The molecule has 0 fully saturated rings. The van der Waals surface area contributed by atoms with Gasteiger partial charge in [0.05, 0.1) is 12.7 Å². The molecule has 0 saturated heterocycles. The number of carbonyl (C=O) groups is 2. The third kappa shape index (κ3) is 6.05. The third-order valence-electron chi connectivity index (χ3n) is 1.86. The highest BCUT2D eigenvalue weighted by atomic mass is 32.2. The Balaban J connectivity index is 4.58. The molecule has 2 N–H and O–H groups in total. The Morgan fingerprint density at radius 1 is 1.39 bits per heavy atom. The molecule has 0 saturated carbocycles. The SMILES string of the molecule is CCOC(=O)NCC(C(=O)NCC#N)S(C)(=O)=O. The molecule has 0 aliphatic rings. The van der Waals surface area contributed by atoms with E-state index in [1.54, 1.807) is 13.0 Å². The average Bonchev–Trinajstić information content (AvgIpc) is 2.25. The zero-order valence-electron chi connectivity index (χ0n) is 10.1.